The number of aryl methyl sites for hydroxylation is 1. The van der Waals surface area contributed by atoms with Gasteiger partial charge in [-0.05, 0) is 31.5 Å². The van der Waals surface area contributed by atoms with Gasteiger partial charge in [0.25, 0.3) is 0 Å². The summed E-state index contributed by atoms with van der Waals surface area (Å²) in [5.41, 5.74) is 2.08. The van der Waals surface area contributed by atoms with E-state index in [0.717, 1.165) is 16.5 Å². The second-order valence-corrected chi connectivity index (χ2v) is 4.29. The second kappa shape index (κ2) is 4.90. The minimum atomic E-state index is -0.360. The molecular formula is C13H14ClNO3. The molecule has 0 unspecified atom stereocenters. The van der Waals surface area contributed by atoms with E-state index < -0.39 is 0 Å². The Bertz CT molecular complexity index is 604. The highest BCUT2D eigenvalue weighted by Gasteiger charge is 2.17. The highest BCUT2D eigenvalue weighted by atomic mass is 35.5. The largest absolute Gasteiger partial charge is 0.495 e. The van der Waals surface area contributed by atoms with E-state index in [-0.39, 0.29) is 5.97 Å². The van der Waals surface area contributed by atoms with Gasteiger partial charge in [0, 0.05) is 10.9 Å². The molecule has 0 amide bonds. The van der Waals surface area contributed by atoms with Crippen molar-refractivity contribution in [3.05, 3.63) is 28.4 Å². The molecule has 1 aromatic heterocycles. The van der Waals surface area contributed by atoms with E-state index in [0.29, 0.717) is 23.1 Å². The molecule has 1 aromatic carbocycles. The Labute approximate surface area is 110 Å². The van der Waals surface area contributed by atoms with Crippen LogP contribution in [0.1, 0.15) is 23.0 Å². The number of esters is 1. The highest BCUT2D eigenvalue weighted by Crippen LogP contribution is 2.32. The number of aromatic nitrogens is 1. The number of carbonyl (C=O) groups is 1. The summed E-state index contributed by atoms with van der Waals surface area (Å²) in [6.07, 6.45) is 0. The predicted molar refractivity (Wildman–Crippen MR) is 70.6 cm³/mol. The number of halogens is 1. The molecule has 0 saturated heterocycles. The van der Waals surface area contributed by atoms with Crippen LogP contribution in [0.4, 0.5) is 0 Å². The molecule has 5 heteroatoms. The third-order valence-electron chi connectivity index (χ3n) is 2.81. The number of carbonyl (C=O) groups excluding carboxylic acids is 1. The monoisotopic (exact) mass is 267 g/mol. The zero-order valence-corrected chi connectivity index (χ0v) is 11.2. The number of fused-ring (bicyclic) bond motifs is 1. The molecule has 0 spiro atoms. The summed E-state index contributed by atoms with van der Waals surface area (Å²) >= 11 is 6.04. The summed E-state index contributed by atoms with van der Waals surface area (Å²) < 4.78 is 10.2. The first-order chi connectivity index (χ1) is 8.58. The van der Waals surface area contributed by atoms with Crippen molar-refractivity contribution in [1.29, 1.82) is 0 Å². The Balaban J connectivity index is 2.59. The number of rotatable bonds is 3. The van der Waals surface area contributed by atoms with E-state index in [1.165, 1.54) is 0 Å². The van der Waals surface area contributed by atoms with Crippen molar-refractivity contribution in [3.63, 3.8) is 0 Å². The minimum absolute atomic E-state index is 0.345. The zero-order chi connectivity index (χ0) is 13.3. The van der Waals surface area contributed by atoms with Crippen LogP contribution in [0.15, 0.2) is 12.1 Å². The average Bonchev–Trinajstić information content (AvgIpc) is 2.65. The molecule has 1 N–H and O–H groups in total. The molecule has 96 valence electrons. The molecule has 2 aromatic rings. The lowest BCUT2D eigenvalue weighted by molar-refractivity contribution is 0.0520. The quantitative estimate of drug-likeness (QED) is 0.868. The standard InChI is InChI=1S/C13H14ClNO3/c1-4-18-13(16)12-7(2)8-5-11(17-3)9(14)6-10(8)15-12/h5-6,15H,4H2,1-3H3. The number of benzene rings is 1. The van der Waals surface area contributed by atoms with Crippen LogP contribution in [0.3, 0.4) is 0 Å². The van der Waals surface area contributed by atoms with Crippen molar-refractivity contribution < 1.29 is 14.3 Å². The van der Waals surface area contributed by atoms with Crippen molar-refractivity contribution >= 4 is 28.5 Å². The van der Waals surface area contributed by atoms with Gasteiger partial charge in [-0.2, -0.15) is 0 Å². The number of nitrogens with one attached hydrogen (secondary N) is 1. The van der Waals surface area contributed by atoms with E-state index in [4.69, 9.17) is 21.1 Å². The number of hydrogen-bond donors (Lipinski definition) is 1. The summed E-state index contributed by atoms with van der Waals surface area (Å²) in [6, 6.07) is 3.55. The molecule has 0 aliphatic rings. The van der Waals surface area contributed by atoms with Gasteiger partial charge in [-0.25, -0.2) is 4.79 Å². The fraction of sp³-hybridized carbons (Fsp3) is 0.308. The van der Waals surface area contributed by atoms with E-state index in [9.17, 15) is 4.79 Å². The summed E-state index contributed by atoms with van der Waals surface area (Å²) in [5.74, 6) is 0.225. The summed E-state index contributed by atoms with van der Waals surface area (Å²) in [6.45, 7) is 3.98. The first-order valence-corrected chi connectivity index (χ1v) is 5.99. The van der Waals surface area contributed by atoms with Crippen molar-refractivity contribution in [2.75, 3.05) is 13.7 Å². The molecule has 0 aliphatic carbocycles. The molecule has 1 heterocycles. The molecule has 0 saturated carbocycles. The molecular weight excluding hydrogens is 254 g/mol. The molecule has 0 aliphatic heterocycles. The van der Waals surface area contributed by atoms with Crippen molar-refractivity contribution in [2.24, 2.45) is 0 Å². The van der Waals surface area contributed by atoms with E-state index in [2.05, 4.69) is 4.98 Å². The molecule has 4 nitrogen and oxygen atoms in total. The Hall–Kier alpha value is -1.68. The Kier molecular flexibility index (Phi) is 3.48. The molecule has 0 bridgehead atoms. The van der Waals surface area contributed by atoms with Crippen molar-refractivity contribution in [3.8, 4) is 5.75 Å². The number of aromatic amines is 1. The number of H-pyrrole nitrogens is 1. The first-order valence-electron chi connectivity index (χ1n) is 5.61. The van der Waals surface area contributed by atoms with Gasteiger partial charge < -0.3 is 14.5 Å². The van der Waals surface area contributed by atoms with E-state index >= 15 is 0 Å². The lowest BCUT2D eigenvalue weighted by atomic mass is 10.1. The Morgan fingerprint density at radius 2 is 2.17 bits per heavy atom. The molecule has 0 atom stereocenters. The maximum atomic E-state index is 11.8. The van der Waals surface area contributed by atoms with Gasteiger partial charge in [-0.15, -0.1) is 0 Å². The molecule has 0 radical (unpaired) electrons. The Morgan fingerprint density at radius 1 is 1.44 bits per heavy atom. The van der Waals surface area contributed by atoms with Gasteiger partial charge in [0.15, 0.2) is 0 Å². The van der Waals surface area contributed by atoms with Crippen LogP contribution in [0.5, 0.6) is 5.75 Å². The van der Waals surface area contributed by atoms with E-state index in [1.54, 1.807) is 20.1 Å². The van der Waals surface area contributed by atoms with Crippen LogP contribution < -0.4 is 4.74 Å². The smallest absolute Gasteiger partial charge is 0.355 e. The predicted octanol–water partition coefficient (Wildman–Crippen LogP) is 3.32. The molecule has 2 rings (SSSR count). The van der Waals surface area contributed by atoms with Crippen LogP contribution in [-0.4, -0.2) is 24.7 Å². The summed E-state index contributed by atoms with van der Waals surface area (Å²) in [4.78, 5) is 14.8. The van der Waals surface area contributed by atoms with Gasteiger partial charge in [-0.1, -0.05) is 11.6 Å². The fourth-order valence-corrected chi connectivity index (χ4v) is 2.13. The second-order valence-electron chi connectivity index (χ2n) is 3.88. The first kappa shape index (κ1) is 12.8. The lowest BCUT2D eigenvalue weighted by Gasteiger charge is -2.02. The molecule has 18 heavy (non-hydrogen) atoms. The van der Waals surface area contributed by atoms with Crippen molar-refractivity contribution in [2.45, 2.75) is 13.8 Å². The van der Waals surface area contributed by atoms with Crippen LogP contribution in [0.25, 0.3) is 10.9 Å². The SMILES string of the molecule is CCOC(=O)c1[nH]c2cc(Cl)c(OC)cc2c1C. The maximum absolute atomic E-state index is 11.8. The van der Waals surface area contributed by atoms with Gasteiger partial charge in [0.2, 0.25) is 0 Å². The number of methoxy groups -OCH3 is 1. The third kappa shape index (κ3) is 2.04. The summed E-state index contributed by atoms with van der Waals surface area (Å²) in [5, 5.41) is 1.40. The van der Waals surface area contributed by atoms with Gasteiger partial charge in [0.05, 0.1) is 18.7 Å². The highest BCUT2D eigenvalue weighted by molar-refractivity contribution is 6.32. The van der Waals surface area contributed by atoms with E-state index in [1.807, 2.05) is 13.0 Å². The zero-order valence-electron chi connectivity index (χ0n) is 10.5. The topological polar surface area (TPSA) is 51.3 Å². The van der Waals surface area contributed by atoms with Crippen LogP contribution in [0.2, 0.25) is 5.02 Å². The van der Waals surface area contributed by atoms with Gasteiger partial charge >= 0.3 is 5.97 Å². The third-order valence-corrected chi connectivity index (χ3v) is 3.11. The lowest BCUT2D eigenvalue weighted by Crippen LogP contribution is -2.06. The Morgan fingerprint density at radius 3 is 2.78 bits per heavy atom. The van der Waals surface area contributed by atoms with Gasteiger partial charge in [-0.3, -0.25) is 0 Å². The summed E-state index contributed by atoms with van der Waals surface area (Å²) in [7, 11) is 1.56. The van der Waals surface area contributed by atoms with Crippen LogP contribution in [-0.2, 0) is 4.74 Å². The minimum Gasteiger partial charge on any atom is -0.495 e. The normalized spacial score (nSPS) is 10.7. The van der Waals surface area contributed by atoms with Crippen LogP contribution in [0, 0.1) is 6.92 Å². The van der Waals surface area contributed by atoms with Crippen molar-refractivity contribution in [1.82, 2.24) is 4.98 Å². The average molecular weight is 268 g/mol. The fourth-order valence-electron chi connectivity index (χ4n) is 1.89. The van der Waals surface area contributed by atoms with Gasteiger partial charge in [0.1, 0.15) is 11.4 Å². The van der Waals surface area contributed by atoms with Crippen LogP contribution >= 0.6 is 11.6 Å². The molecule has 0 fully saturated rings. The maximum Gasteiger partial charge on any atom is 0.355 e. The number of hydrogen-bond acceptors (Lipinski definition) is 3. The number of ether oxygens (including phenoxy) is 2.